The maximum atomic E-state index is 11.8. The van der Waals surface area contributed by atoms with Crippen molar-refractivity contribution in [3.05, 3.63) is 17.0 Å². The number of hydrogen-bond donors (Lipinski definition) is 2. The summed E-state index contributed by atoms with van der Waals surface area (Å²) in [6, 6.07) is 0. The molecule has 1 atom stereocenters. The largest absolute Gasteiger partial charge is 0.388 e. The molecule has 1 aromatic heterocycles. The minimum atomic E-state index is -0.783. The lowest BCUT2D eigenvalue weighted by atomic mass is 10.0. The van der Waals surface area contributed by atoms with Crippen molar-refractivity contribution in [1.82, 2.24) is 10.5 Å². The average Bonchev–Trinajstić information content (AvgIpc) is 3.10. The van der Waals surface area contributed by atoms with Crippen molar-refractivity contribution < 1.29 is 14.4 Å². The Hall–Kier alpha value is -1.36. The van der Waals surface area contributed by atoms with Gasteiger partial charge in [-0.3, -0.25) is 4.79 Å². The van der Waals surface area contributed by atoms with E-state index in [0.29, 0.717) is 18.2 Å². The molecule has 1 heterocycles. The van der Waals surface area contributed by atoms with Gasteiger partial charge in [-0.05, 0) is 39.5 Å². The summed E-state index contributed by atoms with van der Waals surface area (Å²) >= 11 is 0. The summed E-state index contributed by atoms with van der Waals surface area (Å²) < 4.78 is 5.01. The van der Waals surface area contributed by atoms with E-state index in [0.717, 1.165) is 24.1 Å². The molecule has 1 amide bonds. The Morgan fingerprint density at radius 3 is 2.72 bits per heavy atom. The summed E-state index contributed by atoms with van der Waals surface area (Å²) in [5.74, 6) is 0.902. The SMILES string of the molecule is Cc1noc(C)c1CC(=O)NCC(C)(O)C1CC1. The monoisotopic (exact) mass is 252 g/mol. The van der Waals surface area contributed by atoms with Crippen LogP contribution in [0.5, 0.6) is 0 Å². The number of carbonyl (C=O) groups is 1. The normalized spacial score (nSPS) is 18.4. The third kappa shape index (κ3) is 2.90. The first-order valence-electron chi connectivity index (χ1n) is 6.31. The van der Waals surface area contributed by atoms with Crippen LogP contribution in [0.15, 0.2) is 4.52 Å². The summed E-state index contributed by atoms with van der Waals surface area (Å²) in [5.41, 5.74) is 0.796. The van der Waals surface area contributed by atoms with Crippen LogP contribution in [0.3, 0.4) is 0 Å². The van der Waals surface area contributed by atoms with Crippen molar-refractivity contribution in [2.75, 3.05) is 6.54 Å². The van der Waals surface area contributed by atoms with Crippen LogP contribution in [0.4, 0.5) is 0 Å². The van der Waals surface area contributed by atoms with Gasteiger partial charge >= 0.3 is 0 Å². The third-order valence-electron chi connectivity index (χ3n) is 3.62. The van der Waals surface area contributed by atoms with Crippen LogP contribution in [0.1, 0.15) is 36.8 Å². The zero-order valence-corrected chi connectivity index (χ0v) is 11.1. The highest BCUT2D eigenvalue weighted by molar-refractivity contribution is 5.79. The van der Waals surface area contributed by atoms with Gasteiger partial charge in [0.2, 0.25) is 5.91 Å². The Morgan fingerprint density at radius 2 is 2.22 bits per heavy atom. The number of rotatable bonds is 5. The summed E-state index contributed by atoms with van der Waals surface area (Å²) in [4.78, 5) is 11.8. The van der Waals surface area contributed by atoms with E-state index in [1.54, 1.807) is 13.8 Å². The zero-order valence-electron chi connectivity index (χ0n) is 11.1. The predicted molar refractivity (Wildman–Crippen MR) is 66.0 cm³/mol. The quantitative estimate of drug-likeness (QED) is 0.823. The van der Waals surface area contributed by atoms with E-state index in [2.05, 4.69) is 10.5 Å². The number of amides is 1. The first-order valence-corrected chi connectivity index (χ1v) is 6.31. The molecule has 18 heavy (non-hydrogen) atoms. The molecule has 2 N–H and O–H groups in total. The Bertz CT molecular complexity index is 428. The van der Waals surface area contributed by atoms with Crippen molar-refractivity contribution in [1.29, 1.82) is 0 Å². The molecular formula is C13H20N2O3. The van der Waals surface area contributed by atoms with Crippen molar-refractivity contribution in [3.8, 4) is 0 Å². The minimum absolute atomic E-state index is 0.106. The molecule has 0 radical (unpaired) electrons. The zero-order chi connectivity index (χ0) is 13.3. The number of nitrogens with zero attached hydrogens (tertiary/aromatic N) is 1. The van der Waals surface area contributed by atoms with E-state index in [-0.39, 0.29) is 12.3 Å². The Morgan fingerprint density at radius 1 is 1.56 bits per heavy atom. The van der Waals surface area contributed by atoms with Crippen LogP contribution in [-0.2, 0) is 11.2 Å². The maximum Gasteiger partial charge on any atom is 0.224 e. The Kier molecular flexibility index (Phi) is 3.43. The molecule has 1 aliphatic rings. The number of aryl methyl sites for hydroxylation is 2. The van der Waals surface area contributed by atoms with Gasteiger partial charge in [0, 0.05) is 12.1 Å². The van der Waals surface area contributed by atoms with Gasteiger partial charge in [-0.25, -0.2) is 0 Å². The van der Waals surface area contributed by atoms with Crippen molar-refractivity contribution in [3.63, 3.8) is 0 Å². The number of carbonyl (C=O) groups excluding carboxylic acids is 1. The van der Waals surface area contributed by atoms with Gasteiger partial charge in [0.1, 0.15) is 5.76 Å². The average molecular weight is 252 g/mol. The fourth-order valence-electron chi connectivity index (χ4n) is 2.10. The lowest BCUT2D eigenvalue weighted by molar-refractivity contribution is -0.121. The van der Waals surface area contributed by atoms with Crippen LogP contribution in [0.2, 0.25) is 0 Å². The first kappa shape index (κ1) is 13.1. The highest BCUT2D eigenvalue weighted by Crippen LogP contribution is 2.38. The van der Waals surface area contributed by atoms with Crippen molar-refractivity contribution in [2.45, 2.75) is 45.6 Å². The second-order valence-corrected chi connectivity index (χ2v) is 5.39. The van der Waals surface area contributed by atoms with Crippen molar-refractivity contribution in [2.24, 2.45) is 5.92 Å². The fourth-order valence-corrected chi connectivity index (χ4v) is 2.10. The molecule has 1 saturated carbocycles. The van der Waals surface area contributed by atoms with Gasteiger partial charge in [0.05, 0.1) is 17.7 Å². The van der Waals surface area contributed by atoms with E-state index in [1.165, 1.54) is 0 Å². The molecule has 100 valence electrons. The lowest BCUT2D eigenvalue weighted by Gasteiger charge is -2.23. The Labute approximate surface area is 107 Å². The van der Waals surface area contributed by atoms with E-state index in [9.17, 15) is 9.90 Å². The van der Waals surface area contributed by atoms with Crippen LogP contribution in [0.25, 0.3) is 0 Å². The van der Waals surface area contributed by atoms with E-state index in [1.807, 2.05) is 6.92 Å². The molecule has 5 nitrogen and oxygen atoms in total. The van der Waals surface area contributed by atoms with Gasteiger partial charge in [0.15, 0.2) is 0 Å². The fraction of sp³-hybridized carbons (Fsp3) is 0.692. The highest BCUT2D eigenvalue weighted by Gasteiger charge is 2.39. The summed E-state index contributed by atoms with van der Waals surface area (Å²) in [5, 5.41) is 16.7. The van der Waals surface area contributed by atoms with E-state index < -0.39 is 5.60 Å². The van der Waals surface area contributed by atoms with Crippen LogP contribution >= 0.6 is 0 Å². The van der Waals surface area contributed by atoms with Crippen LogP contribution < -0.4 is 5.32 Å². The van der Waals surface area contributed by atoms with E-state index in [4.69, 9.17) is 4.52 Å². The van der Waals surface area contributed by atoms with E-state index >= 15 is 0 Å². The Balaban J connectivity index is 1.85. The maximum absolute atomic E-state index is 11.8. The number of aromatic nitrogens is 1. The standard InChI is InChI=1S/C13H20N2O3/c1-8-11(9(2)18-15-8)6-12(16)14-7-13(3,17)10-4-5-10/h10,17H,4-7H2,1-3H3,(H,14,16). The molecule has 5 heteroatoms. The van der Waals surface area contributed by atoms with Crippen molar-refractivity contribution >= 4 is 5.91 Å². The van der Waals surface area contributed by atoms with Gasteiger partial charge in [-0.1, -0.05) is 5.16 Å². The second kappa shape index (κ2) is 4.72. The first-order chi connectivity index (χ1) is 8.40. The molecule has 1 aromatic rings. The van der Waals surface area contributed by atoms with Gasteiger partial charge in [-0.15, -0.1) is 0 Å². The van der Waals surface area contributed by atoms with Crippen LogP contribution in [0, 0.1) is 19.8 Å². The molecule has 0 bridgehead atoms. The molecule has 1 aliphatic carbocycles. The molecule has 1 fully saturated rings. The topological polar surface area (TPSA) is 75.4 Å². The lowest BCUT2D eigenvalue weighted by Crippen LogP contribution is -2.42. The molecular weight excluding hydrogens is 232 g/mol. The molecule has 0 aliphatic heterocycles. The molecule has 0 saturated heterocycles. The van der Waals surface area contributed by atoms with Crippen LogP contribution in [-0.4, -0.2) is 28.3 Å². The number of hydrogen-bond acceptors (Lipinski definition) is 4. The highest BCUT2D eigenvalue weighted by atomic mass is 16.5. The minimum Gasteiger partial charge on any atom is -0.388 e. The molecule has 1 unspecified atom stereocenters. The third-order valence-corrected chi connectivity index (χ3v) is 3.62. The summed E-state index contributed by atoms with van der Waals surface area (Å²) in [7, 11) is 0. The predicted octanol–water partition coefficient (Wildman–Crippen LogP) is 1.11. The number of aliphatic hydroxyl groups is 1. The number of nitrogens with one attached hydrogen (secondary N) is 1. The smallest absolute Gasteiger partial charge is 0.224 e. The molecule has 2 rings (SSSR count). The van der Waals surface area contributed by atoms with Gasteiger partial charge < -0.3 is 14.9 Å². The summed E-state index contributed by atoms with van der Waals surface area (Å²) in [6.07, 6.45) is 2.35. The van der Waals surface area contributed by atoms with Gasteiger partial charge in [0.25, 0.3) is 0 Å². The second-order valence-electron chi connectivity index (χ2n) is 5.39. The molecule has 0 spiro atoms. The molecule has 0 aromatic carbocycles. The van der Waals surface area contributed by atoms with Gasteiger partial charge in [-0.2, -0.15) is 0 Å². The summed E-state index contributed by atoms with van der Waals surface area (Å²) in [6.45, 7) is 5.70.